The van der Waals surface area contributed by atoms with E-state index in [0.29, 0.717) is 19.7 Å². The smallest absolute Gasteiger partial charge is 0.344 e. The zero-order valence-electron chi connectivity index (χ0n) is 15.8. The molecule has 0 saturated carbocycles. The Balaban J connectivity index is 1.28. The summed E-state index contributed by atoms with van der Waals surface area (Å²) in [5.41, 5.74) is 2.38. The molecule has 2 aromatic carbocycles. The van der Waals surface area contributed by atoms with Gasteiger partial charge in [0.1, 0.15) is 12.4 Å². The van der Waals surface area contributed by atoms with Crippen molar-refractivity contribution < 1.29 is 9.53 Å². The molecule has 4 rings (SSSR count). The van der Waals surface area contributed by atoms with Crippen molar-refractivity contribution in [1.82, 2.24) is 19.6 Å². The minimum Gasteiger partial charge on any atom is -0.489 e. The lowest BCUT2D eigenvalue weighted by atomic mass is 10.2. The summed E-state index contributed by atoms with van der Waals surface area (Å²) >= 11 is 0. The SMILES string of the molecule is O=C(N1CCN(Cc2cccc(OCc3ccccc3)c2)CC1)n1cccn1. The summed E-state index contributed by atoms with van der Waals surface area (Å²) in [5, 5.41) is 4.03. The van der Waals surface area contributed by atoms with Crippen LogP contribution in [0.3, 0.4) is 0 Å². The number of aromatic nitrogens is 2. The molecule has 1 fully saturated rings. The minimum atomic E-state index is -0.0547. The zero-order chi connectivity index (χ0) is 19.2. The van der Waals surface area contributed by atoms with E-state index in [2.05, 4.69) is 34.3 Å². The standard InChI is InChI=1S/C22H24N4O2/c27-22(26-11-5-10-23-26)25-14-12-24(13-15-25)17-20-8-4-9-21(16-20)28-18-19-6-2-1-3-7-19/h1-11,16H,12-15,17-18H2. The molecule has 1 amide bonds. The van der Waals surface area contributed by atoms with Gasteiger partial charge in [0.15, 0.2) is 0 Å². The van der Waals surface area contributed by atoms with E-state index in [1.165, 1.54) is 10.2 Å². The molecule has 0 radical (unpaired) electrons. The van der Waals surface area contributed by atoms with Crippen LogP contribution in [0, 0.1) is 0 Å². The van der Waals surface area contributed by atoms with Gasteiger partial charge in [-0.15, -0.1) is 0 Å². The van der Waals surface area contributed by atoms with Crippen LogP contribution in [0.25, 0.3) is 0 Å². The lowest BCUT2D eigenvalue weighted by molar-refractivity contribution is 0.134. The highest BCUT2D eigenvalue weighted by molar-refractivity contribution is 5.75. The Kier molecular flexibility index (Phi) is 5.68. The van der Waals surface area contributed by atoms with Crippen LogP contribution in [0.1, 0.15) is 11.1 Å². The number of nitrogens with zero attached hydrogens (tertiary/aromatic N) is 4. The fourth-order valence-electron chi connectivity index (χ4n) is 3.36. The van der Waals surface area contributed by atoms with Crippen molar-refractivity contribution in [2.45, 2.75) is 13.2 Å². The lowest BCUT2D eigenvalue weighted by Crippen LogP contribution is -2.49. The summed E-state index contributed by atoms with van der Waals surface area (Å²) in [7, 11) is 0. The fraction of sp³-hybridized carbons (Fsp3) is 0.273. The van der Waals surface area contributed by atoms with Gasteiger partial charge in [-0.3, -0.25) is 4.90 Å². The van der Waals surface area contributed by atoms with Crippen molar-refractivity contribution in [3.63, 3.8) is 0 Å². The molecule has 1 aliphatic heterocycles. The molecule has 0 aliphatic carbocycles. The van der Waals surface area contributed by atoms with Crippen LogP contribution >= 0.6 is 0 Å². The molecule has 6 heteroatoms. The maximum Gasteiger partial charge on any atom is 0.344 e. The number of amides is 1. The topological polar surface area (TPSA) is 50.6 Å². The van der Waals surface area contributed by atoms with Crippen LogP contribution in [0.2, 0.25) is 0 Å². The van der Waals surface area contributed by atoms with E-state index in [1.54, 1.807) is 18.5 Å². The summed E-state index contributed by atoms with van der Waals surface area (Å²) < 4.78 is 7.32. The molecule has 0 spiro atoms. The molecule has 6 nitrogen and oxygen atoms in total. The molecule has 3 aromatic rings. The van der Waals surface area contributed by atoms with Gasteiger partial charge in [-0.05, 0) is 29.3 Å². The van der Waals surface area contributed by atoms with Crippen molar-refractivity contribution in [2.75, 3.05) is 26.2 Å². The largest absolute Gasteiger partial charge is 0.489 e. The van der Waals surface area contributed by atoms with Crippen LogP contribution in [0.5, 0.6) is 5.75 Å². The molecular weight excluding hydrogens is 352 g/mol. The second-order valence-corrected chi connectivity index (χ2v) is 6.92. The van der Waals surface area contributed by atoms with Gasteiger partial charge in [0.05, 0.1) is 0 Å². The van der Waals surface area contributed by atoms with Gasteiger partial charge in [-0.25, -0.2) is 4.79 Å². The average molecular weight is 376 g/mol. The zero-order valence-corrected chi connectivity index (χ0v) is 15.8. The molecule has 0 N–H and O–H groups in total. The molecule has 1 aliphatic rings. The second-order valence-electron chi connectivity index (χ2n) is 6.92. The highest BCUT2D eigenvalue weighted by Gasteiger charge is 2.22. The minimum absolute atomic E-state index is 0.0547. The van der Waals surface area contributed by atoms with Crippen LogP contribution < -0.4 is 4.74 Å². The van der Waals surface area contributed by atoms with Crippen LogP contribution in [-0.4, -0.2) is 51.8 Å². The molecule has 28 heavy (non-hydrogen) atoms. The first-order chi connectivity index (χ1) is 13.8. The van der Waals surface area contributed by atoms with Crippen LogP contribution in [0.15, 0.2) is 73.1 Å². The molecule has 1 aromatic heterocycles. The van der Waals surface area contributed by atoms with E-state index < -0.39 is 0 Å². The maximum absolute atomic E-state index is 12.4. The third-order valence-corrected chi connectivity index (χ3v) is 4.90. The third-order valence-electron chi connectivity index (χ3n) is 4.90. The Bertz CT molecular complexity index is 888. The Morgan fingerprint density at radius 2 is 1.71 bits per heavy atom. The fourth-order valence-corrected chi connectivity index (χ4v) is 3.36. The normalized spacial score (nSPS) is 14.8. The van der Waals surface area contributed by atoms with Crippen molar-refractivity contribution in [3.8, 4) is 5.75 Å². The first-order valence-electron chi connectivity index (χ1n) is 9.55. The van der Waals surface area contributed by atoms with Crippen molar-refractivity contribution >= 4 is 6.03 Å². The average Bonchev–Trinajstić information content (AvgIpc) is 3.28. The van der Waals surface area contributed by atoms with E-state index in [9.17, 15) is 4.79 Å². The molecular formula is C22H24N4O2. The number of rotatable bonds is 5. The predicted molar refractivity (Wildman–Crippen MR) is 107 cm³/mol. The van der Waals surface area contributed by atoms with Gasteiger partial charge in [0, 0.05) is 45.1 Å². The monoisotopic (exact) mass is 376 g/mol. The number of carbonyl (C=O) groups excluding carboxylic acids is 1. The number of benzene rings is 2. The van der Waals surface area contributed by atoms with E-state index in [0.717, 1.165) is 30.9 Å². The maximum atomic E-state index is 12.4. The van der Waals surface area contributed by atoms with Crippen molar-refractivity contribution in [1.29, 1.82) is 0 Å². The first-order valence-corrected chi connectivity index (χ1v) is 9.55. The molecule has 0 bridgehead atoms. The summed E-state index contributed by atoms with van der Waals surface area (Å²) in [6.45, 7) is 4.54. The number of carbonyl (C=O) groups is 1. The molecule has 2 heterocycles. The van der Waals surface area contributed by atoms with Crippen molar-refractivity contribution in [3.05, 3.63) is 84.2 Å². The number of piperazine rings is 1. The highest BCUT2D eigenvalue weighted by Crippen LogP contribution is 2.17. The van der Waals surface area contributed by atoms with Crippen LogP contribution in [-0.2, 0) is 13.2 Å². The highest BCUT2D eigenvalue weighted by atomic mass is 16.5. The van der Waals surface area contributed by atoms with Crippen molar-refractivity contribution in [2.24, 2.45) is 0 Å². The molecule has 0 unspecified atom stereocenters. The van der Waals surface area contributed by atoms with E-state index in [1.807, 2.05) is 35.2 Å². The van der Waals surface area contributed by atoms with Gasteiger partial charge in [0.25, 0.3) is 0 Å². The predicted octanol–water partition coefficient (Wildman–Crippen LogP) is 3.25. The summed E-state index contributed by atoms with van der Waals surface area (Å²) in [5.74, 6) is 0.883. The summed E-state index contributed by atoms with van der Waals surface area (Å²) in [4.78, 5) is 16.6. The molecule has 144 valence electrons. The van der Waals surface area contributed by atoms with Gasteiger partial charge in [0.2, 0.25) is 0 Å². The third kappa shape index (κ3) is 4.58. The Morgan fingerprint density at radius 1 is 0.929 bits per heavy atom. The second kappa shape index (κ2) is 8.71. The first kappa shape index (κ1) is 18.3. The molecule has 0 atom stereocenters. The van der Waals surface area contributed by atoms with Gasteiger partial charge < -0.3 is 9.64 Å². The number of ether oxygens (including phenoxy) is 1. The summed E-state index contributed by atoms with van der Waals surface area (Å²) in [6.07, 6.45) is 3.32. The number of hydrogen-bond acceptors (Lipinski definition) is 4. The Morgan fingerprint density at radius 3 is 2.46 bits per heavy atom. The molecule has 1 saturated heterocycles. The number of hydrogen-bond donors (Lipinski definition) is 0. The quantitative estimate of drug-likeness (QED) is 0.686. The van der Waals surface area contributed by atoms with E-state index >= 15 is 0 Å². The van der Waals surface area contributed by atoms with E-state index in [4.69, 9.17) is 4.74 Å². The summed E-state index contributed by atoms with van der Waals surface area (Å²) in [6, 6.07) is 20.1. The Hall–Kier alpha value is -3.12. The van der Waals surface area contributed by atoms with Gasteiger partial charge >= 0.3 is 6.03 Å². The Labute approximate surface area is 164 Å². The van der Waals surface area contributed by atoms with Gasteiger partial charge in [-0.2, -0.15) is 9.78 Å². The van der Waals surface area contributed by atoms with Gasteiger partial charge in [-0.1, -0.05) is 42.5 Å². The lowest BCUT2D eigenvalue weighted by Gasteiger charge is -2.34. The van der Waals surface area contributed by atoms with Crippen LogP contribution in [0.4, 0.5) is 4.79 Å². The van der Waals surface area contributed by atoms with E-state index in [-0.39, 0.29) is 6.03 Å².